The maximum absolute atomic E-state index is 3.99. The molecule has 1 nitrogen and oxygen atoms in total. The molecular weight excluding hydrogens is 134 g/mol. The van der Waals surface area contributed by atoms with Crippen molar-refractivity contribution < 1.29 is 0 Å². The van der Waals surface area contributed by atoms with Gasteiger partial charge in [0, 0.05) is 5.54 Å². The van der Waals surface area contributed by atoms with Gasteiger partial charge in [-0.05, 0) is 33.2 Å². The van der Waals surface area contributed by atoms with Crippen molar-refractivity contribution in [1.82, 2.24) is 5.32 Å². The van der Waals surface area contributed by atoms with Gasteiger partial charge < -0.3 is 5.32 Å². The van der Waals surface area contributed by atoms with Gasteiger partial charge in [0.2, 0.25) is 0 Å². The molecule has 1 unspecified atom stereocenters. The highest BCUT2D eigenvalue weighted by Crippen LogP contribution is 2.22. The number of hydrogen-bond donors (Lipinski definition) is 1. The molecule has 0 aromatic heterocycles. The molecule has 0 radical (unpaired) electrons. The van der Waals surface area contributed by atoms with Crippen LogP contribution in [0, 0.1) is 5.92 Å². The van der Waals surface area contributed by atoms with Crippen molar-refractivity contribution in [3.05, 3.63) is 12.2 Å². The highest BCUT2D eigenvalue weighted by atomic mass is 14.9. The van der Waals surface area contributed by atoms with Crippen LogP contribution in [0.2, 0.25) is 0 Å². The predicted octanol–water partition coefficient (Wildman–Crippen LogP) is 2.59. The first-order valence-electron chi connectivity index (χ1n) is 4.27. The van der Waals surface area contributed by atoms with Crippen LogP contribution >= 0.6 is 0 Å². The standard InChI is InChI=1S/C10H21N/c1-8(2)7-10(5,11-6)9(3)4/h8,11H,3,7H2,1-2,4-6H3. The van der Waals surface area contributed by atoms with E-state index in [1.165, 1.54) is 5.57 Å². The fourth-order valence-corrected chi connectivity index (χ4v) is 1.31. The smallest absolute Gasteiger partial charge is 0.0359 e. The monoisotopic (exact) mass is 155 g/mol. The van der Waals surface area contributed by atoms with Crippen LogP contribution in [0.25, 0.3) is 0 Å². The molecule has 0 aromatic rings. The molecule has 0 amide bonds. The maximum Gasteiger partial charge on any atom is 0.0359 e. The molecule has 0 heterocycles. The zero-order valence-electron chi connectivity index (χ0n) is 8.49. The normalized spacial score (nSPS) is 16.5. The molecule has 1 atom stereocenters. The van der Waals surface area contributed by atoms with E-state index in [1.807, 2.05) is 7.05 Å². The summed E-state index contributed by atoms with van der Waals surface area (Å²) in [5.41, 5.74) is 1.34. The second-order valence-electron chi connectivity index (χ2n) is 3.96. The average Bonchev–Trinajstić information content (AvgIpc) is 1.86. The molecule has 0 spiro atoms. The number of likely N-dealkylation sites (N-methyl/N-ethyl adjacent to an activating group) is 1. The van der Waals surface area contributed by atoms with Crippen LogP contribution in [-0.4, -0.2) is 12.6 Å². The Hall–Kier alpha value is -0.300. The third-order valence-corrected chi connectivity index (χ3v) is 2.31. The van der Waals surface area contributed by atoms with Gasteiger partial charge >= 0.3 is 0 Å². The molecule has 0 rings (SSSR count). The van der Waals surface area contributed by atoms with E-state index in [0.717, 1.165) is 6.42 Å². The molecular formula is C10H21N. The minimum Gasteiger partial charge on any atom is -0.311 e. The first-order chi connectivity index (χ1) is 4.92. The zero-order valence-corrected chi connectivity index (χ0v) is 8.49. The fourth-order valence-electron chi connectivity index (χ4n) is 1.31. The Morgan fingerprint density at radius 1 is 1.55 bits per heavy atom. The van der Waals surface area contributed by atoms with Gasteiger partial charge in [0.05, 0.1) is 0 Å². The minimum atomic E-state index is 0.119. The van der Waals surface area contributed by atoms with Gasteiger partial charge in [-0.25, -0.2) is 0 Å². The lowest BCUT2D eigenvalue weighted by atomic mass is 9.85. The molecule has 0 aliphatic rings. The number of hydrogen-bond acceptors (Lipinski definition) is 1. The van der Waals surface area contributed by atoms with E-state index in [-0.39, 0.29) is 5.54 Å². The lowest BCUT2D eigenvalue weighted by Gasteiger charge is -2.31. The molecule has 11 heavy (non-hydrogen) atoms. The molecule has 66 valence electrons. The average molecular weight is 155 g/mol. The molecule has 0 aromatic carbocycles. The van der Waals surface area contributed by atoms with Crippen LogP contribution < -0.4 is 5.32 Å². The molecule has 1 heteroatoms. The minimum absolute atomic E-state index is 0.119. The van der Waals surface area contributed by atoms with E-state index < -0.39 is 0 Å². The Morgan fingerprint density at radius 2 is 2.00 bits per heavy atom. The van der Waals surface area contributed by atoms with Crippen molar-refractivity contribution in [3.63, 3.8) is 0 Å². The SMILES string of the molecule is C=C(C)C(C)(CC(C)C)NC. The van der Waals surface area contributed by atoms with Crippen molar-refractivity contribution in [2.75, 3.05) is 7.05 Å². The molecule has 0 fully saturated rings. The van der Waals surface area contributed by atoms with Crippen molar-refractivity contribution >= 4 is 0 Å². The van der Waals surface area contributed by atoms with Gasteiger partial charge in [0.1, 0.15) is 0 Å². The van der Waals surface area contributed by atoms with Crippen LogP contribution in [0.5, 0.6) is 0 Å². The summed E-state index contributed by atoms with van der Waals surface area (Å²) < 4.78 is 0. The van der Waals surface area contributed by atoms with Crippen LogP contribution in [0.15, 0.2) is 12.2 Å². The van der Waals surface area contributed by atoms with Crippen molar-refractivity contribution in [3.8, 4) is 0 Å². The predicted molar refractivity (Wildman–Crippen MR) is 51.7 cm³/mol. The van der Waals surface area contributed by atoms with Gasteiger partial charge in [-0.3, -0.25) is 0 Å². The highest BCUT2D eigenvalue weighted by molar-refractivity contribution is 5.11. The second-order valence-corrected chi connectivity index (χ2v) is 3.96. The zero-order chi connectivity index (χ0) is 9.07. The summed E-state index contributed by atoms with van der Waals surface area (Å²) in [5.74, 6) is 0.712. The quantitative estimate of drug-likeness (QED) is 0.615. The molecule has 0 aliphatic heterocycles. The third kappa shape index (κ3) is 3.06. The van der Waals surface area contributed by atoms with Crippen LogP contribution in [0.1, 0.15) is 34.1 Å². The summed E-state index contributed by atoms with van der Waals surface area (Å²) in [6, 6.07) is 0. The van der Waals surface area contributed by atoms with Gasteiger partial charge in [0.15, 0.2) is 0 Å². The second kappa shape index (κ2) is 3.91. The Kier molecular flexibility index (Phi) is 3.81. The van der Waals surface area contributed by atoms with Gasteiger partial charge in [-0.15, -0.1) is 0 Å². The Labute approximate surface area is 70.9 Å². The largest absolute Gasteiger partial charge is 0.311 e. The molecule has 0 bridgehead atoms. The third-order valence-electron chi connectivity index (χ3n) is 2.31. The van der Waals surface area contributed by atoms with Gasteiger partial charge in [0.25, 0.3) is 0 Å². The van der Waals surface area contributed by atoms with E-state index in [4.69, 9.17) is 0 Å². The van der Waals surface area contributed by atoms with Crippen molar-refractivity contribution in [2.24, 2.45) is 5.92 Å². The Balaban J connectivity index is 4.22. The van der Waals surface area contributed by atoms with E-state index in [9.17, 15) is 0 Å². The van der Waals surface area contributed by atoms with Crippen LogP contribution in [0.4, 0.5) is 0 Å². The summed E-state index contributed by atoms with van der Waals surface area (Å²) in [7, 11) is 2.00. The molecule has 0 aliphatic carbocycles. The summed E-state index contributed by atoms with van der Waals surface area (Å²) in [4.78, 5) is 0. The fraction of sp³-hybridized carbons (Fsp3) is 0.800. The molecule has 0 saturated heterocycles. The topological polar surface area (TPSA) is 12.0 Å². The molecule has 1 N–H and O–H groups in total. The van der Waals surface area contributed by atoms with Gasteiger partial charge in [-0.1, -0.05) is 26.0 Å². The lowest BCUT2D eigenvalue weighted by molar-refractivity contribution is 0.362. The van der Waals surface area contributed by atoms with Crippen molar-refractivity contribution in [1.29, 1.82) is 0 Å². The van der Waals surface area contributed by atoms with E-state index in [2.05, 4.69) is 39.6 Å². The highest BCUT2D eigenvalue weighted by Gasteiger charge is 2.23. The summed E-state index contributed by atoms with van der Waals surface area (Å²) in [5, 5.41) is 3.31. The maximum atomic E-state index is 3.99. The Bertz CT molecular complexity index is 138. The number of rotatable bonds is 4. The van der Waals surface area contributed by atoms with E-state index in [1.54, 1.807) is 0 Å². The summed E-state index contributed by atoms with van der Waals surface area (Å²) in [6.45, 7) is 12.7. The summed E-state index contributed by atoms with van der Waals surface area (Å²) >= 11 is 0. The van der Waals surface area contributed by atoms with Gasteiger partial charge in [-0.2, -0.15) is 0 Å². The first kappa shape index (κ1) is 10.7. The Morgan fingerprint density at radius 3 is 2.09 bits per heavy atom. The lowest BCUT2D eigenvalue weighted by Crippen LogP contribution is -2.41. The van der Waals surface area contributed by atoms with Crippen LogP contribution in [0.3, 0.4) is 0 Å². The van der Waals surface area contributed by atoms with Crippen LogP contribution in [-0.2, 0) is 0 Å². The molecule has 0 saturated carbocycles. The summed E-state index contributed by atoms with van der Waals surface area (Å²) in [6.07, 6.45) is 1.15. The van der Waals surface area contributed by atoms with E-state index >= 15 is 0 Å². The number of nitrogens with one attached hydrogen (secondary N) is 1. The van der Waals surface area contributed by atoms with E-state index in [0.29, 0.717) is 5.92 Å². The first-order valence-corrected chi connectivity index (χ1v) is 4.27. The van der Waals surface area contributed by atoms with Crippen molar-refractivity contribution in [2.45, 2.75) is 39.7 Å².